The van der Waals surface area contributed by atoms with Crippen LogP contribution in [0.4, 0.5) is 8.78 Å². The lowest BCUT2D eigenvalue weighted by molar-refractivity contribution is -0.197. The highest BCUT2D eigenvalue weighted by Gasteiger charge is 2.25. The van der Waals surface area contributed by atoms with Crippen LogP contribution in [-0.4, -0.2) is 21.2 Å². The Hall–Kier alpha value is -1.10. The van der Waals surface area contributed by atoms with E-state index in [1.165, 1.54) is 18.5 Å². The zero-order valence-corrected chi connectivity index (χ0v) is 5.54. The fraction of sp³-hybridized carbons (Fsp3) is 0.333. The lowest BCUT2D eigenvalue weighted by Crippen LogP contribution is -2.19. The molecule has 11 heavy (non-hydrogen) atoms. The summed E-state index contributed by atoms with van der Waals surface area (Å²) < 4.78 is 23.8. The predicted molar refractivity (Wildman–Crippen MR) is 32.9 cm³/mol. The summed E-state index contributed by atoms with van der Waals surface area (Å²) in [6.07, 6.45) is -1.88. The summed E-state index contributed by atoms with van der Waals surface area (Å²) >= 11 is 0. The molecule has 0 aromatic carbocycles. The molecule has 60 valence electrons. The molecule has 1 heterocycles. The minimum atomic E-state index is -3.72. The summed E-state index contributed by atoms with van der Waals surface area (Å²) in [6, 6.07) is 1.51. The van der Waals surface area contributed by atoms with E-state index in [1.807, 2.05) is 0 Å². The van der Waals surface area contributed by atoms with E-state index in [-0.39, 0.29) is 5.82 Å². The number of hydrogen-bond donors (Lipinski definition) is 1. The number of nitrogens with zero attached hydrogens (tertiary/aromatic N) is 2. The number of rotatable bonds is 2. The van der Waals surface area contributed by atoms with Gasteiger partial charge in [-0.2, -0.15) is 8.78 Å². The van der Waals surface area contributed by atoms with E-state index in [0.29, 0.717) is 0 Å². The number of aromatic nitrogens is 2. The minimum absolute atomic E-state index is 0.0694. The summed E-state index contributed by atoms with van der Waals surface area (Å²) in [5, 5.41) is 8.06. The van der Waals surface area contributed by atoms with Gasteiger partial charge >= 0.3 is 6.11 Å². The molecule has 0 saturated carbocycles. The molecule has 0 aliphatic heterocycles. The fourth-order valence-electron chi connectivity index (χ4n) is 0.611. The van der Waals surface area contributed by atoms with Crippen molar-refractivity contribution in [1.82, 2.24) is 9.97 Å². The first-order valence-electron chi connectivity index (χ1n) is 2.94. The third kappa shape index (κ3) is 2.99. The Morgan fingerprint density at radius 1 is 1.36 bits per heavy atom. The van der Waals surface area contributed by atoms with Gasteiger partial charge in [-0.05, 0) is 6.07 Å². The van der Waals surface area contributed by atoms with Crippen molar-refractivity contribution in [2.24, 2.45) is 0 Å². The Balaban J connectivity index is 2.66. The first kappa shape index (κ1) is 8.00. The average Bonchev–Trinajstić information content (AvgIpc) is 1.85. The second-order valence-electron chi connectivity index (χ2n) is 2.01. The molecule has 1 aromatic rings. The monoisotopic (exact) mass is 160 g/mol. The highest BCUT2D eigenvalue weighted by Crippen LogP contribution is 2.12. The van der Waals surface area contributed by atoms with Gasteiger partial charge in [0.15, 0.2) is 0 Å². The van der Waals surface area contributed by atoms with Crippen molar-refractivity contribution in [3.63, 3.8) is 0 Å². The number of hydrogen-bond acceptors (Lipinski definition) is 3. The van der Waals surface area contributed by atoms with Crippen LogP contribution in [0.5, 0.6) is 0 Å². The Morgan fingerprint density at radius 3 is 2.36 bits per heavy atom. The molecule has 0 aliphatic rings. The summed E-state index contributed by atoms with van der Waals surface area (Å²) in [6.45, 7) is 0. The molecule has 0 spiro atoms. The molecule has 0 unspecified atom stereocenters. The molecule has 0 bridgehead atoms. The molecule has 5 heteroatoms. The number of halogens is 2. The van der Waals surface area contributed by atoms with E-state index >= 15 is 0 Å². The average molecular weight is 160 g/mol. The molecule has 0 radical (unpaired) electrons. The number of aliphatic hydroxyl groups is 1. The Kier molecular flexibility index (Phi) is 2.09. The first-order valence-corrected chi connectivity index (χ1v) is 2.94. The van der Waals surface area contributed by atoms with Crippen LogP contribution in [0.25, 0.3) is 0 Å². The molecule has 0 atom stereocenters. The molecule has 1 aromatic heterocycles. The fourth-order valence-corrected chi connectivity index (χ4v) is 0.611. The summed E-state index contributed by atoms with van der Waals surface area (Å²) in [5.41, 5.74) is 0. The van der Waals surface area contributed by atoms with Crippen molar-refractivity contribution in [2.45, 2.75) is 12.5 Å². The topological polar surface area (TPSA) is 46.0 Å². The van der Waals surface area contributed by atoms with Crippen LogP contribution < -0.4 is 0 Å². The summed E-state index contributed by atoms with van der Waals surface area (Å²) in [5.74, 6) is -0.0694. The van der Waals surface area contributed by atoms with Crippen LogP contribution in [0.2, 0.25) is 0 Å². The van der Waals surface area contributed by atoms with Crippen molar-refractivity contribution in [3.05, 3.63) is 24.3 Å². The van der Waals surface area contributed by atoms with Crippen LogP contribution in [0.3, 0.4) is 0 Å². The maximum atomic E-state index is 11.9. The third-order valence-corrected chi connectivity index (χ3v) is 0.990. The van der Waals surface area contributed by atoms with Gasteiger partial charge in [0.25, 0.3) is 0 Å². The van der Waals surface area contributed by atoms with E-state index in [9.17, 15) is 8.78 Å². The van der Waals surface area contributed by atoms with Gasteiger partial charge in [0, 0.05) is 12.4 Å². The van der Waals surface area contributed by atoms with E-state index in [0.717, 1.165) is 0 Å². The third-order valence-electron chi connectivity index (χ3n) is 0.990. The van der Waals surface area contributed by atoms with E-state index in [4.69, 9.17) is 5.11 Å². The van der Waals surface area contributed by atoms with E-state index in [1.54, 1.807) is 0 Å². The van der Waals surface area contributed by atoms with Crippen LogP contribution >= 0.6 is 0 Å². The zero-order valence-electron chi connectivity index (χ0n) is 5.54. The quantitative estimate of drug-likeness (QED) is 0.689. The van der Waals surface area contributed by atoms with Gasteiger partial charge < -0.3 is 5.11 Å². The van der Waals surface area contributed by atoms with Gasteiger partial charge in [0.1, 0.15) is 5.82 Å². The van der Waals surface area contributed by atoms with E-state index in [2.05, 4.69) is 9.97 Å². The van der Waals surface area contributed by atoms with Gasteiger partial charge in [-0.1, -0.05) is 0 Å². The standard InChI is InChI=1S/C6H6F2N2O/c7-6(8,11)4-5-9-2-1-3-10-5/h1-3,11H,4H2. The molecular formula is C6H6F2N2O. The SMILES string of the molecule is OC(F)(F)Cc1ncccn1. The Bertz CT molecular complexity index is 222. The lowest BCUT2D eigenvalue weighted by atomic mass is 10.4. The second kappa shape index (κ2) is 2.87. The van der Waals surface area contributed by atoms with Crippen molar-refractivity contribution < 1.29 is 13.9 Å². The van der Waals surface area contributed by atoms with Crippen LogP contribution in [0.15, 0.2) is 18.5 Å². The van der Waals surface area contributed by atoms with Crippen LogP contribution in [-0.2, 0) is 6.42 Å². The first-order chi connectivity index (χ1) is 5.08. The second-order valence-corrected chi connectivity index (χ2v) is 2.01. The molecular weight excluding hydrogens is 154 g/mol. The zero-order chi connectivity index (χ0) is 8.32. The largest absolute Gasteiger partial charge is 0.360 e. The van der Waals surface area contributed by atoms with E-state index < -0.39 is 12.5 Å². The minimum Gasteiger partial charge on any atom is -0.336 e. The molecule has 0 aliphatic carbocycles. The van der Waals surface area contributed by atoms with Crippen LogP contribution in [0, 0.1) is 0 Å². The highest BCUT2D eigenvalue weighted by molar-refractivity contribution is 4.90. The van der Waals surface area contributed by atoms with Crippen molar-refractivity contribution in [1.29, 1.82) is 0 Å². The Morgan fingerprint density at radius 2 is 1.91 bits per heavy atom. The smallest absolute Gasteiger partial charge is 0.336 e. The number of alkyl halides is 2. The maximum absolute atomic E-state index is 11.9. The summed E-state index contributed by atoms with van der Waals surface area (Å²) in [4.78, 5) is 7.03. The van der Waals surface area contributed by atoms with Gasteiger partial charge in [-0.3, -0.25) is 0 Å². The van der Waals surface area contributed by atoms with Crippen LogP contribution in [0.1, 0.15) is 5.82 Å². The molecule has 0 saturated heterocycles. The lowest BCUT2D eigenvalue weighted by Gasteiger charge is -2.05. The predicted octanol–water partition coefficient (Wildman–Crippen LogP) is 0.604. The van der Waals surface area contributed by atoms with Gasteiger partial charge in [0.05, 0.1) is 6.42 Å². The van der Waals surface area contributed by atoms with Gasteiger partial charge in [-0.15, -0.1) is 0 Å². The van der Waals surface area contributed by atoms with Gasteiger partial charge in [0.2, 0.25) is 0 Å². The van der Waals surface area contributed by atoms with Gasteiger partial charge in [-0.25, -0.2) is 9.97 Å². The molecule has 0 amide bonds. The summed E-state index contributed by atoms with van der Waals surface area (Å²) in [7, 11) is 0. The molecule has 0 fully saturated rings. The molecule has 1 rings (SSSR count). The molecule has 3 nitrogen and oxygen atoms in total. The van der Waals surface area contributed by atoms with Crippen molar-refractivity contribution in [2.75, 3.05) is 0 Å². The maximum Gasteiger partial charge on any atom is 0.360 e. The normalized spacial score (nSPS) is 11.5. The highest BCUT2D eigenvalue weighted by atomic mass is 19.3. The van der Waals surface area contributed by atoms with Crippen molar-refractivity contribution >= 4 is 0 Å². The molecule has 1 N–H and O–H groups in total. The Labute approximate surface area is 61.7 Å². The van der Waals surface area contributed by atoms with Crippen molar-refractivity contribution in [3.8, 4) is 0 Å².